The monoisotopic (exact) mass is 311 g/mol. The molecular weight excluding hydrogens is 294 g/mol. The zero-order valence-electron chi connectivity index (χ0n) is 11.3. The summed E-state index contributed by atoms with van der Waals surface area (Å²) >= 11 is 5.44. The average Bonchev–Trinajstić information content (AvgIpc) is 2.76. The average molecular weight is 312 g/mol. The fourth-order valence-electron chi connectivity index (χ4n) is 2.58. The number of nitrogens with zero attached hydrogens (tertiary/aromatic N) is 1. The molecule has 0 aliphatic carbocycles. The Morgan fingerprint density at radius 2 is 1.85 bits per heavy atom. The SMILES string of the molecule is COc1ccc(C2=NC3(CCNCC3)NC2=S)cc1.Cl. The van der Waals surface area contributed by atoms with Crippen LogP contribution in [0.15, 0.2) is 29.3 Å². The number of rotatable bonds is 2. The number of aliphatic imine (C=N–C) groups is 1. The van der Waals surface area contributed by atoms with Crippen LogP contribution in [0.2, 0.25) is 0 Å². The number of hydrogen-bond donors (Lipinski definition) is 2. The Morgan fingerprint density at radius 1 is 1.20 bits per heavy atom. The van der Waals surface area contributed by atoms with E-state index in [2.05, 4.69) is 10.6 Å². The molecular formula is C14H18ClN3OS. The van der Waals surface area contributed by atoms with Crippen LogP contribution >= 0.6 is 24.6 Å². The molecule has 2 aliphatic rings. The highest BCUT2D eigenvalue weighted by Gasteiger charge is 2.38. The second-order valence-electron chi connectivity index (χ2n) is 4.92. The van der Waals surface area contributed by atoms with Gasteiger partial charge in [-0.2, -0.15) is 0 Å². The molecule has 1 saturated heterocycles. The second-order valence-corrected chi connectivity index (χ2v) is 5.33. The van der Waals surface area contributed by atoms with Crippen LogP contribution in [0.1, 0.15) is 18.4 Å². The van der Waals surface area contributed by atoms with Gasteiger partial charge >= 0.3 is 0 Å². The van der Waals surface area contributed by atoms with Gasteiger partial charge in [-0.15, -0.1) is 12.4 Å². The molecule has 0 saturated carbocycles. The number of nitrogens with one attached hydrogen (secondary N) is 2. The Morgan fingerprint density at radius 3 is 2.45 bits per heavy atom. The minimum absolute atomic E-state index is 0. The van der Waals surface area contributed by atoms with Crippen LogP contribution in [0.3, 0.4) is 0 Å². The van der Waals surface area contributed by atoms with Crippen LogP contribution in [0.5, 0.6) is 5.75 Å². The number of piperidine rings is 1. The number of halogens is 1. The van der Waals surface area contributed by atoms with Gasteiger partial charge in [-0.1, -0.05) is 12.2 Å². The van der Waals surface area contributed by atoms with Gasteiger partial charge in [0.1, 0.15) is 22.1 Å². The molecule has 0 bridgehead atoms. The summed E-state index contributed by atoms with van der Waals surface area (Å²) in [6.45, 7) is 1.96. The van der Waals surface area contributed by atoms with E-state index in [0.717, 1.165) is 47.9 Å². The fourth-order valence-corrected chi connectivity index (χ4v) is 2.94. The number of methoxy groups -OCH3 is 1. The maximum absolute atomic E-state index is 5.44. The Hall–Kier alpha value is -1.17. The van der Waals surface area contributed by atoms with Crippen molar-refractivity contribution in [1.82, 2.24) is 10.6 Å². The molecule has 4 nitrogen and oxygen atoms in total. The second kappa shape index (κ2) is 6.08. The van der Waals surface area contributed by atoms with E-state index < -0.39 is 0 Å². The van der Waals surface area contributed by atoms with Crippen molar-refractivity contribution in [3.8, 4) is 5.75 Å². The highest BCUT2D eigenvalue weighted by Crippen LogP contribution is 2.27. The first-order valence-electron chi connectivity index (χ1n) is 6.50. The normalized spacial score (nSPS) is 20.1. The lowest BCUT2D eigenvalue weighted by molar-refractivity contribution is 0.300. The van der Waals surface area contributed by atoms with Crippen molar-refractivity contribution in [2.45, 2.75) is 18.5 Å². The smallest absolute Gasteiger partial charge is 0.133 e. The van der Waals surface area contributed by atoms with Crippen molar-refractivity contribution in [2.24, 2.45) is 4.99 Å². The van der Waals surface area contributed by atoms with E-state index in [1.165, 1.54) is 0 Å². The molecule has 0 atom stereocenters. The quantitative estimate of drug-likeness (QED) is 0.819. The molecule has 0 radical (unpaired) electrons. The third-order valence-corrected chi connectivity index (χ3v) is 3.98. The first-order chi connectivity index (χ1) is 9.22. The van der Waals surface area contributed by atoms with Gasteiger partial charge in [0.05, 0.1) is 7.11 Å². The zero-order valence-corrected chi connectivity index (χ0v) is 12.9. The summed E-state index contributed by atoms with van der Waals surface area (Å²) in [6, 6.07) is 7.89. The van der Waals surface area contributed by atoms with Gasteiger partial charge in [-0.25, -0.2) is 0 Å². The van der Waals surface area contributed by atoms with E-state index in [1.54, 1.807) is 7.11 Å². The van der Waals surface area contributed by atoms with E-state index in [4.69, 9.17) is 21.9 Å². The van der Waals surface area contributed by atoms with Crippen LogP contribution in [-0.2, 0) is 0 Å². The number of thiocarbonyl (C=S) groups is 1. The minimum Gasteiger partial charge on any atom is -0.497 e. The number of ether oxygens (including phenoxy) is 1. The molecule has 1 spiro atoms. The van der Waals surface area contributed by atoms with Gasteiger partial charge in [0.2, 0.25) is 0 Å². The van der Waals surface area contributed by atoms with Crippen LogP contribution in [0.25, 0.3) is 0 Å². The predicted octanol–water partition coefficient (Wildman–Crippen LogP) is 1.92. The van der Waals surface area contributed by atoms with E-state index >= 15 is 0 Å². The third-order valence-electron chi connectivity index (χ3n) is 3.68. The molecule has 2 heterocycles. The maximum Gasteiger partial charge on any atom is 0.133 e. The van der Waals surface area contributed by atoms with E-state index in [0.29, 0.717) is 0 Å². The highest BCUT2D eigenvalue weighted by atomic mass is 35.5. The van der Waals surface area contributed by atoms with Crippen LogP contribution < -0.4 is 15.4 Å². The van der Waals surface area contributed by atoms with Crippen molar-refractivity contribution in [3.05, 3.63) is 29.8 Å². The molecule has 108 valence electrons. The van der Waals surface area contributed by atoms with Gasteiger partial charge in [-0.3, -0.25) is 4.99 Å². The lowest BCUT2D eigenvalue weighted by Gasteiger charge is -2.31. The van der Waals surface area contributed by atoms with Crippen molar-refractivity contribution >= 4 is 35.3 Å². The van der Waals surface area contributed by atoms with Crippen LogP contribution in [0, 0.1) is 0 Å². The molecule has 2 aliphatic heterocycles. The highest BCUT2D eigenvalue weighted by molar-refractivity contribution is 7.82. The van der Waals surface area contributed by atoms with Gasteiger partial charge in [-0.05, 0) is 37.4 Å². The summed E-state index contributed by atoms with van der Waals surface area (Å²) < 4.78 is 5.17. The van der Waals surface area contributed by atoms with Gasteiger partial charge < -0.3 is 15.4 Å². The Bertz CT molecular complexity index is 524. The third kappa shape index (κ3) is 2.80. The maximum atomic E-state index is 5.44. The molecule has 20 heavy (non-hydrogen) atoms. The predicted molar refractivity (Wildman–Crippen MR) is 87.3 cm³/mol. The molecule has 6 heteroatoms. The summed E-state index contributed by atoms with van der Waals surface area (Å²) in [5.41, 5.74) is 1.77. The standard InChI is InChI=1S/C14H17N3OS.ClH/c1-18-11-4-2-10(3-5-11)12-13(19)17-14(16-12)6-8-15-9-7-14;/h2-5,15H,6-9H2,1H3,(H,17,19);1H. The molecule has 1 fully saturated rings. The molecule has 3 rings (SSSR count). The largest absolute Gasteiger partial charge is 0.497 e. The lowest BCUT2D eigenvalue weighted by Crippen LogP contribution is -2.49. The van der Waals surface area contributed by atoms with Gasteiger partial charge in [0.25, 0.3) is 0 Å². The summed E-state index contributed by atoms with van der Waals surface area (Å²) in [5, 5.41) is 6.75. The van der Waals surface area contributed by atoms with Crippen LogP contribution in [-0.4, -0.2) is 36.6 Å². The van der Waals surface area contributed by atoms with E-state index in [9.17, 15) is 0 Å². The fraction of sp³-hybridized carbons (Fsp3) is 0.429. The Balaban J connectivity index is 0.00000147. The topological polar surface area (TPSA) is 45.6 Å². The molecule has 0 unspecified atom stereocenters. The first kappa shape index (κ1) is 15.2. The van der Waals surface area contributed by atoms with Crippen molar-refractivity contribution in [1.29, 1.82) is 0 Å². The minimum atomic E-state index is -0.183. The number of benzene rings is 1. The molecule has 0 amide bonds. The van der Waals surface area contributed by atoms with Crippen molar-refractivity contribution in [3.63, 3.8) is 0 Å². The summed E-state index contributed by atoms with van der Waals surface area (Å²) in [5.74, 6) is 0.845. The lowest BCUT2D eigenvalue weighted by atomic mass is 10.00. The molecule has 0 aromatic heterocycles. The van der Waals surface area contributed by atoms with E-state index in [1.807, 2.05) is 24.3 Å². The van der Waals surface area contributed by atoms with Gasteiger partial charge in [0, 0.05) is 18.4 Å². The van der Waals surface area contributed by atoms with E-state index in [-0.39, 0.29) is 18.1 Å². The van der Waals surface area contributed by atoms with Crippen LogP contribution in [0.4, 0.5) is 0 Å². The molecule has 1 aromatic carbocycles. The number of hydrogen-bond acceptors (Lipinski definition) is 4. The summed E-state index contributed by atoms with van der Waals surface area (Å²) in [4.78, 5) is 5.63. The summed E-state index contributed by atoms with van der Waals surface area (Å²) in [6.07, 6.45) is 1.96. The molecule has 2 N–H and O–H groups in total. The Kier molecular flexibility index (Phi) is 4.62. The molecule has 1 aromatic rings. The van der Waals surface area contributed by atoms with Crippen molar-refractivity contribution < 1.29 is 4.74 Å². The van der Waals surface area contributed by atoms with Gasteiger partial charge in [0.15, 0.2) is 0 Å². The van der Waals surface area contributed by atoms with Crippen molar-refractivity contribution in [2.75, 3.05) is 20.2 Å². The zero-order chi connectivity index (χ0) is 13.3. The summed E-state index contributed by atoms with van der Waals surface area (Å²) in [7, 11) is 1.66. The first-order valence-corrected chi connectivity index (χ1v) is 6.91. The Labute approximate surface area is 130 Å².